The van der Waals surface area contributed by atoms with E-state index in [2.05, 4.69) is 10.3 Å². The summed E-state index contributed by atoms with van der Waals surface area (Å²) in [5.74, 6) is -0.931. The lowest BCUT2D eigenvalue weighted by Crippen LogP contribution is -2.37. The van der Waals surface area contributed by atoms with Crippen molar-refractivity contribution in [3.05, 3.63) is 60.1 Å². The third kappa shape index (κ3) is 2.39. The zero-order chi connectivity index (χ0) is 19.3. The number of pyridine rings is 1. The average Bonchev–Trinajstić information content (AvgIpc) is 2.95. The molecule has 3 aromatic rings. The third-order valence-electron chi connectivity index (χ3n) is 4.56. The van der Waals surface area contributed by atoms with Gasteiger partial charge >= 0.3 is 0 Å². The number of rotatable bonds is 2. The maximum absolute atomic E-state index is 13.1. The molecule has 0 unspecified atom stereocenters. The van der Waals surface area contributed by atoms with E-state index in [1.807, 2.05) is 0 Å². The van der Waals surface area contributed by atoms with Gasteiger partial charge < -0.3 is 15.0 Å². The molecule has 0 bridgehead atoms. The smallest absolute Gasteiger partial charge is 0.278 e. The number of nitrogens with zero attached hydrogens (tertiary/aromatic N) is 3. The van der Waals surface area contributed by atoms with Crippen molar-refractivity contribution < 1.29 is 18.3 Å². The Balaban J connectivity index is 1.95. The molecule has 138 valence electrons. The van der Waals surface area contributed by atoms with Gasteiger partial charge in [-0.15, -0.1) is 0 Å². The van der Waals surface area contributed by atoms with E-state index in [9.17, 15) is 18.3 Å². The number of aryl methyl sites for hydroxylation is 1. The first-order valence-corrected chi connectivity index (χ1v) is 9.50. The molecular weight excluding hydrogens is 368 g/mol. The number of nitrogens with one attached hydrogen (secondary N) is 1. The van der Waals surface area contributed by atoms with E-state index in [1.54, 1.807) is 54.1 Å². The summed E-state index contributed by atoms with van der Waals surface area (Å²) in [6, 6.07) is 11.9. The van der Waals surface area contributed by atoms with Crippen LogP contribution in [0.25, 0.3) is 16.7 Å². The Hall–Kier alpha value is -3.33. The summed E-state index contributed by atoms with van der Waals surface area (Å²) in [6.07, 6.45) is 1.49. The van der Waals surface area contributed by atoms with Crippen molar-refractivity contribution in [2.45, 2.75) is 4.90 Å². The second kappa shape index (κ2) is 5.85. The van der Waals surface area contributed by atoms with Gasteiger partial charge in [-0.1, -0.05) is 24.3 Å². The number of fused-ring (bicyclic) bond motifs is 3. The van der Waals surface area contributed by atoms with Crippen LogP contribution in [0.5, 0.6) is 0 Å². The molecule has 27 heavy (non-hydrogen) atoms. The maximum Gasteiger partial charge on any atom is 0.278 e. The summed E-state index contributed by atoms with van der Waals surface area (Å²) < 4.78 is 28.6. The molecule has 0 saturated heterocycles. The second-order valence-electron chi connectivity index (χ2n) is 6.09. The van der Waals surface area contributed by atoms with Gasteiger partial charge in [0.05, 0.1) is 0 Å². The quantitative estimate of drug-likeness (QED) is 0.704. The Morgan fingerprint density at radius 1 is 1.11 bits per heavy atom. The predicted octanol–water partition coefficient (Wildman–Crippen LogP) is 2.07. The van der Waals surface area contributed by atoms with Crippen molar-refractivity contribution in [2.75, 3.05) is 12.4 Å². The number of hydrogen-bond acceptors (Lipinski definition) is 5. The fourth-order valence-corrected chi connectivity index (χ4v) is 4.88. The zero-order valence-electron chi connectivity index (χ0n) is 14.5. The van der Waals surface area contributed by atoms with Crippen LogP contribution in [-0.2, 0) is 21.9 Å². The number of aliphatic hydroxyl groups is 1. The summed E-state index contributed by atoms with van der Waals surface area (Å²) >= 11 is 0. The van der Waals surface area contributed by atoms with E-state index >= 15 is 0 Å². The largest absolute Gasteiger partial charge is 0.504 e. The van der Waals surface area contributed by atoms with Crippen molar-refractivity contribution in [2.24, 2.45) is 7.05 Å². The lowest BCUT2D eigenvalue weighted by Gasteiger charge is -2.27. The molecule has 0 atom stereocenters. The molecule has 2 N–H and O–H groups in total. The number of carbonyl (C=O) groups excluding carboxylic acids is 1. The van der Waals surface area contributed by atoms with Crippen molar-refractivity contribution in [3.8, 4) is 0 Å². The molecule has 2 aromatic heterocycles. The van der Waals surface area contributed by atoms with Gasteiger partial charge in [-0.25, -0.2) is 13.4 Å². The monoisotopic (exact) mass is 384 g/mol. The van der Waals surface area contributed by atoms with E-state index in [4.69, 9.17) is 0 Å². The Labute approximate surface area is 155 Å². The van der Waals surface area contributed by atoms with E-state index in [0.717, 1.165) is 4.31 Å². The fraction of sp³-hybridized carbons (Fsp3) is 0.111. The zero-order valence-corrected chi connectivity index (χ0v) is 15.4. The van der Waals surface area contributed by atoms with Gasteiger partial charge in [0.1, 0.15) is 16.4 Å². The minimum absolute atomic E-state index is 0.0185. The lowest BCUT2D eigenvalue weighted by atomic mass is 10.2. The summed E-state index contributed by atoms with van der Waals surface area (Å²) in [5, 5.41) is 13.8. The fourth-order valence-electron chi connectivity index (χ4n) is 3.27. The number of para-hydroxylation sites is 1. The minimum Gasteiger partial charge on any atom is -0.504 e. The number of aromatic nitrogens is 2. The topological polar surface area (TPSA) is 105 Å². The first-order valence-electron chi connectivity index (χ1n) is 8.06. The van der Waals surface area contributed by atoms with Crippen molar-refractivity contribution in [1.29, 1.82) is 0 Å². The highest BCUT2D eigenvalue weighted by Crippen LogP contribution is 2.40. The van der Waals surface area contributed by atoms with Crippen LogP contribution in [-0.4, -0.2) is 40.3 Å². The predicted molar refractivity (Wildman–Crippen MR) is 100 cm³/mol. The molecule has 4 rings (SSSR count). The lowest BCUT2D eigenvalue weighted by molar-refractivity contribution is -0.113. The standard InChI is InChI=1S/C18H16N4O4S/c1-21-12-8-4-3-7-11(12)17-14(21)16(23)15(22(2)27(17,25)26)18(24)20-13-9-5-6-10-19-13/h3-10,23H,1-2H3,(H,19,20,24). The highest BCUT2D eigenvalue weighted by atomic mass is 32.2. The van der Waals surface area contributed by atoms with Gasteiger partial charge in [-0.2, -0.15) is 0 Å². The molecule has 0 aliphatic carbocycles. The maximum atomic E-state index is 13.1. The van der Waals surface area contributed by atoms with Crippen LogP contribution in [0.2, 0.25) is 0 Å². The van der Waals surface area contributed by atoms with Gasteiger partial charge in [0.15, 0.2) is 11.5 Å². The van der Waals surface area contributed by atoms with Gasteiger partial charge in [-0.3, -0.25) is 9.10 Å². The Morgan fingerprint density at radius 2 is 1.81 bits per heavy atom. The number of sulfonamides is 1. The van der Waals surface area contributed by atoms with Crippen LogP contribution in [0.3, 0.4) is 0 Å². The summed E-state index contributed by atoms with van der Waals surface area (Å²) in [4.78, 5) is 16.7. The number of anilines is 1. The molecule has 1 aliphatic rings. The number of benzene rings is 1. The Kier molecular flexibility index (Phi) is 3.70. The van der Waals surface area contributed by atoms with E-state index in [0.29, 0.717) is 10.9 Å². The number of hydrogen-bond donors (Lipinski definition) is 2. The molecule has 1 aromatic carbocycles. The van der Waals surface area contributed by atoms with Crippen LogP contribution in [0.4, 0.5) is 5.82 Å². The van der Waals surface area contributed by atoms with Crippen LogP contribution < -0.4 is 5.32 Å². The Morgan fingerprint density at radius 3 is 2.52 bits per heavy atom. The molecule has 0 spiro atoms. The van der Waals surface area contributed by atoms with E-state index in [1.165, 1.54) is 13.2 Å². The third-order valence-corrected chi connectivity index (χ3v) is 6.40. The normalized spacial score (nSPS) is 15.7. The first kappa shape index (κ1) is 17.1. The van der Waals surface area contributed by atoms with Gasteiger partial charge in [-0.05, 0) is 18.2 Å². The van der Waals surface area contributed by atoms with Crippen molar-refractivity contribution in [3.63, 3.8) is 0 Å². The molecule has 8 nitrogen and oxygen atoms in total. The van der Waals surface area contributed by atoms with Crippen LogP contribution in [0, 0.1) is 0 Å². The average molecular weight is 384 g/mol. The minimum atomic E-state index is -4.03. The molecule has 0 fully saturated rings. The number of aliphatic hydroxyl groups excluding tert-OH is 1. The molecule has 1 aliphatic heterocycles. The van der Waals surface area contributed by atoms with Crippen molar-refractivity contribution >= 4 is 38.4 Å². The molecule has 0 saturated carbocycles. The SMILES string of the molecule is CN1C(C(=O)Nc2ccccn2)=C(O)c2c(c3ccccc3n2C)S1(=O)=O. The van der Waals surface area contributed by atoms with Gasteiger partial charge in [0.25, 0.3) is 15.9 Å². The molecular formula is C18H16N4O4S. The second-order valence-corrected chi connectivity index (χ2v) is 8.00. The molecule has 0 radical (unpaired) electrons. The number of carbonyl (C=O) groups is 1. The summed E-state index contributed by atoms with van der Waals surface area (Å²) in [7, 11) is -1.15. The number of likely N-dealkylation sites (N-methyl/N-ethyl adjacent to an activating group) is 1. The molecule has 9 heteroatoms. The van der Waals surface area contributed by atoms with Gasteiger partial charge in [0.2, 0.25) is 0 Å². The van der Waals surface area contributed by atoms with Crippen LogP contribution in [0.1, 0.15) is 5.69 Å². The first-order chi connectivity index (χ1) is 12.8. The Bertz CT molecular complexity index is 1210. The molecule has 3 heterocycles. The van der Waals surface area contributed by atoms with Crippen LogP contribution in [0.15, 0.2) is 59.3 Å². The molecule has 1 amide bonds. The highest BCUT2D eigenvalue weighted by molar-refractivity contribution is 7.89. The number of amides is 1. The highest BCUT2D eigenvalue weighted by Gasteiger charge is 2.41. The van der Waals surface area contributed by atoms with E-state index in [-0.39, 0.29) is 22.1 Å². The van der Waals surface area contributed by atoms with E-state index < -0.39 is 21.7 Å². The van der Waals surface area contributed by atoms with Crippen LogP contribution >= 0.6 is 0 Å². The summed E-state index contributed by atoms with van der Waals surface area (Å²) in [6.45, 7) is 0. The summed E-state index contributed by atoms with van der Waals surface area (Å²) in [5.41, 5.74) is 0.358. The van der Waals surface area contributed by atoms with Gasteiger partial charge in [0, 0.05) is 31.2 Å². The van der Waals surface area contributed by atoms with Crippen molar-refractivity contribution in [1.82, 2.24) is 13.9 Å².